The minimum absolute atomic E-state index is 0.129. The van der Waals surface area contributed by atoms with Crippen molar-refractivity contribution in [3.63, 3.8) is 0 Å². The Morgan fingerprint density at radius 2 is 2.20 bits per heavy atom. The molecule has 1 aromatic heterocycles. The smallest absolute Gasteiger partial charge is 0.232 e. The Kier molecular flexibility index (Phi) is 3.00. The summed E-state index contributed by atoms with van der Waals surface area (Å²) in [5.41, 5.74) is 1.22. The van der Waals surface area contributed by atoms with Crippen molar-refractivity contribution in [2.75, 3.05) is 11.4 Å². The second kappa shape index (κ2) is 4.70. The Morgan fingerprint density at radius 1 is 1.40 bits per heavy atom. The van der Waals surface area contributed by atoms with Gasteiger partial charge >= 0.3 is 0 Å². The molecule has 0 saturated carbocycles. The molecule has 0 bridgehead atoms. The Morgan fingerprint density at radius 3 is 2.90 bits per heavy atom. The molecule has 0 radical (unpaired) electrons. The van der Waals surface area contributed by atoms with Crippen LogP contribution in [-0.2, 0) is 4.79 Å². The summed E-state index contributed by atoms with van der Waals surface area (Å²) in [6, 6.07) is 4.73. The van der Waals surface area contributed by atoms with Gasteiger partial charge in [0.05, 0.1) is 11.6 Å². The van der Waals surface area contributed by atoms with Crippen LogP contribution in [0.25, 0.3) is 0 Å². The normalized spacial score (nSPS) is 18.9. The SMILES string of the molecule is Cc1ccc(F)c(N2CC(c3nc(C)no3)CC2=O)c1. The first-order valence-corrected chi connectivity index (χ1v) is 6.41. The fourth-order valence-electron chi connectivity index (χ4n) is 2.41. The number of rotatable bonds is 2. The molecule has 6 heteroatoms. The highest BCUT2D eigenvalue weighted by Crippen LogP contribution is 2.32. The number of aryl methyl sites for hydroxylation is 2. The molecule has 1 fully saturated rings. The summed E-state index contributed by atoms with van der Waals surface area (Å²) in [7, 11) is 0. The van der Waals surface area contributed by atoms with Crippen LogP contribution in [0.5, 0.6) is 0 Å². The lowest BCUT2D eigenvalue weighted by molar-refractivity contribution is -0.117. The summed E-state index contributed by atoms with van der Waals surface area (Å²) < 4.78 is 19.0. The van der Waals surface area contributed by atoms with Gasteiger partial charge in [0.2, 0.25) is 11.8 Å². The molecular weight excluding hydrogens is 261 g/mol. The summed E-state index contributed by atoms with van der Waals surface area (Å²) >= 11 is 0. The van der Waals surface area contributed by atoms with Crippen molar-refractivity contribution < 1.29 is 13.7 Å². The predicted molar refractivity (Wildman–Crippen MR) is 69.9 cm³/mol. The Hall–Kier alpha value is -2.24. The van der Waals surface area contributed by atoms with Crippen LogP contribution in [-0.4, -0.2) is 22.6 Å². The molecule has 104 valence electrons. The number of hydrogen-bond acceptors (Lipinski definition) is 4. The van der Waals surface area contributed by atoms with Crippen molar-refractivity contribution in [3.05, 3.63) is 41.3 Å². The van der Waals surface area contributed by atoms with E-state index in [1.165, 1.54) is 11.0 Å². The highest BCUT2D eigenvalue weighted by molar-refractivity contribution is 5.96. The highest BCUT2D eigenvalue weighted by atomic mass is 19.1. The summed E-state index contributed by atoms with van der Waals surface area (Å²) in [5, 5.41) is 3.73. The average molecular weight is 275 g/mol. The number of nitrogens with zero attached hydrogens (tertiary/aromatic N) is 3. The molecule has 1 amide bonds. The number of carbonyl (C=O) groups is 1. The van der Waals surface area contributed by atoms with Crippen LogP contribution in [0.4, 0.5) is 10.1 Å². The standard InChI is InChI=1S/C14H14FN3O2/c1-8-3-4-11(15)12(5-8)18-7-10(6-13(18)19)14-16-9(2)17-20-14/h3-5,10H,6-7H2,1-2H3. The molecule has 1 aliphatic heterocycles. The van der Waals surface area contributed by atoms with E-state index in [4.69, 9.17) is 4.52 Å². The van der Waals surface area contributed by atoms with Crippen molar-refractivity contribution in [2.24, 2.45) is 0 Å². The number of aromatic nitrogens is 2. The van der Waals surface area contributed by atoms with Crippen molar-refractivity contribution in [2.45, 2.75) is 26.2 Å². The maximum Gasteiger partial charge on any atom is 0.232 e. The first-order chi connectivity index (χ1) is 9.54. The van der Waals surface area contributed by atoms with Gasteiger partial charge in [-0.25, -0.2) is 4.39 Å². The fraction of sp³-hybridized carbons (Fsp3) is 0.357. The van der Waals surface area contributed by atoms with Crippen molar-refractivity contribution >= 4 is 11.6 Å². The topological polar surface area (TPSA) is 59.2 Å². The summed E-state index contributed by atoms with van der Waals surface area (Å²) in [6.07, 6.45) is 0.259. The van der Waals surface area contributed by atoms with Gasteiger partial charge in [0.15, 0.2) is 5.82 Å². The number of hydrogen-bond donors (Lipinski definition) is 0. The first-order valence-electron chi connectivity index (χ1n) is 6.41. The van der Waals surface area contributed by atoms with E-state index in [9.17, 15) is 9.18 Å². The number of anilines is 1. The Balaban J connectivity index is 1.89. The van der Waals surface area contributed by atoms with Gasteiger partial charge in [-0.2, -0.15) is 4.98 Å². The van der Waals surface area contributed by atoms with E-state index < -0.39 is 5.82 Å². The lowest BCUT2D eigenvalue weighted by Crippen LogP contribution is -2.25. The van der Waals surface area contributed by atoms with E-state index in [-0.39, 0.29) is 18.2 Å². The number of amides is 1. The Bertz CT molecular complexity index is 668. The van der Waals surface area contributed by atoms with Gasteiger partial charge in [-0.15, -0.1) is 0 Å². The maximum absolute atomic E-state index is 13.9. The summed E-state index contributed by atoms with van der Waals surface area (Å²) in [6.45, 7) is 3.95. The van der Waals surface area contributed by atoms with Gasteiger partial charge in [0.1, 0.15) is 5.82 Å². The molecule has 5 nitrogen and oxygen atoms in total. The number of carbonyl (C=O) groups excluding carboxylic acids is 1. The summed E-state index contributed by atoms with van der Waals surface area (Å²) in [5.74, 6) is 0.268. The van der Waals surface area contributed by atoms with Gasteiger partial charge in [0.25, 0.3) is 0 Å². The van der Waals surface area contributed by atoms with Crippen LogP contribution < -0.4 is 4.90 Å². The second-order valence-corrected chi connectivity index (χ2v) is 5.04. The zero-order valence-electron chi connectivity index (χ0n) is 11.3. The summed E-state index contributed by atoms with van der Waals surface area (Å²) in [4.78, 5) is 17.7. The monoisotopic (exact) mass is 275 g/mol. The van der Waals surface area contributed by atoms with E-state index in [1.807, 2.05) is 6.92 Å². The average Bonchev–Trinajstić information content (AvgIpc) is 2.99. The molecule has 1 aliphatic rings. The minimum Gasteiger partial charge on any atom is -0.339 e. The zero-order valence-corrected chi connectivity index (χ0v) is 11.3. The predicted octanol–water partition coefficient (Wildman–Crippen LogP) is 2.35. The van der Waals surface area contributed by atoms with Gasteiger partial charge < -0.3 is 9.42 Å². The maximum atomic E-state index is 13.9. The van der Waals surface area contributed by atoms with Crippen LogP contribution in [0, 0.1) is 19.7 Å². The molecule has 1 unspecified atom stereocenters. The van der Waals surface area contributed by atoms with E-state index >= 15 is 0 Å². The molecule has 20 heavy (non-hydrogen) atoms. The molecule has 1 saturated heterocycles. The lowest BCUT2D eigenvalue weighted by atomic mass is 10.1. The number of halogens is 1. The zero-order chi connectivity index (χ0) is 14.3. The molecule has 0 spiro atoms. The molecular formula is C14H14FN3O2. The van der Waals surface area contributed by atoms with Crippen molar-refractivity contribution in [1.29, 1.82) is 0 Å². The first kappa shape index (κ1) is 12.8. The molecule has 3 rings (SSSR count). The van der Waals surface area contributed by atoms with E-state index in [0.717, 1.165) is 5.56 Å². The van der Waals surface area contributed by atoms with Crippen molar-refractivity contribution in [3.8, 4) is 0 Å². The molecule has 2 aromatic rings. The second-order valence-electron chi connectivity index (χ2n) is 5.04. The van der Waals surface area contributed by atoms with Gasteiger partial charge in [-0.1, -0.05) is 11.2 Å². The fourth-order valence-corrected chi connectivity index (χ4v) is 2.41. The lowest BCUT2D eigenvalue weighted by Gasteiger charge is -2.17. The quantitative estimate of drug-likeness (QED) is 0.844. The molecule has 0 N–H and O–H groups in total. The van der Waals surface area contributed by atoms with E-state index in [0.29, 0.717) is 23.9 Å². The molecule has 2 heterocycles. The van der Waals surface area contributed by atoms with Gasteiger partial charge in [-0.3, -0.25) is 4.79 Å². The Labute approximate surface area is 115 Å². The van der Waals surface area contributed by atoms with Crippen LogP contribution >= 0.6 is 0 Å². The van der Waals surface area contributed by atoms with Crippen molar-refractivity contribution in [1.82, 2.24) is 10.1 Å². The highest BCUT2D eigenvalue weighted by Gasteiger charge is 2.36. The van der Waals surface area contributed by atoms with E-state index in [2.05, 4.69) is 10.1 Å². The van der Waals surface area contributed by atoms with Crippen LogP contribution in [0.3, 0.4) is 0 Å². The minimum atomic E-state index is -0.397. The molecule has 1 atom stereocenters. The third-order valence-electron chi connectivity index (χ3n) is 3.41. The third kappa shape index (κ3) is 2.17. The largest absolute Gasteiger partial charge is 0.339 e. The molecule has 1 aromatic carbocycles. The van der Waals surface area contributed by atoms with Crippen LogP contribution in [0.15, 0.2) is 22.7 Å². The third-order valence-corrected chi connectivity index (χ3v) is 3.41. The number of benzene rings is 1. The van der Waals surface area contributed by atoms with Crippen LogP contribution in [0.2, 0.25) is 0 Å². The molecule has 0 aliphatic carbocycles. The van der Waals surface area contributed by atoms with Gasteiger partial charge in [-0.05, 0) is 31.5 Å². The van der Waals surface area contributed by atoms with E-state index in [1.54, 1.807) is 19.1 Å². The van der Waals surface area contributed by atoms with Crippen LogP contribution in [0.1, 0.15) is 29.6 Å². The van der Waals surface area contributed by atoms with Gasteiger partial charge in [0, 0.05) is 13.0 Å².